The molecule has 1 aliphatic heterocycles. The van der Waals surface area contributed by atoms with Gasteiger partial charge in [0.25, 0.3) is 0 Å². The zero-order valence-corrected chi connectivity index (χ0v) is 18.9. The van der Waals surface area contributed by atoms with E-state index in [4.69, 9.17) is 19.3 Å². The predicted molar refractivity (Wildman–Crippen MR) is 119 cm³/mol. The molecule has 1 aliphatic carbocycles. The third-order valence-electron chi connectivity index (χ3n) is 5.99. The standard InChI is InChI=1S/C15H26O2.C9H11NO3/c1-11(2)9-10-14-15(3,17-14)12-7-5-6-8-13(12)16-4;1-13-8-4-2-7(3-5-8)10-6-9(11)12/h9,12-14H,5-8,10H2,1-4H3;2-5,10H,6H2,1H3,(H,11,12). The number of anilines is 1. The molecular formula is C24H37NO5. The van der Waals surface area contributed by atoms with Crippen LogP contribution in [0.15, 0.2) is 35.9 Å². The topological polar surface area (TPSA) is 80.3 Å². The fourth-order valence-electron chi connectivity index (χ4n) is 4.14. The number of ether oxygens (including phenoxy) is 3. The Bertz CT molecular complexity index is 698. The lowest BCUT2D eigenvalue weighted by atomic mass is 9.76. The summed E-state index contributed by atoms with van der Waals surface area (Å²) >= 11 is 0. The van der Waals surface area contributed by atoms with Gasteiger partial charge in [0.2, 0.25) is 0 Å². The van der Waals surface area contributed by atoms with Gasteiger partial charge in [-0.05, 0) is 64.3 Å². The predicted octanol–water partition coefficient (Wildman–Crippen LogP) is 4.90. The van der Waals surface area contributed by atoms with E-state index in [0.717, 1.165) is 17.9 Å². The number of allylic oxidation sites excluding steroid dienone is 1. The van der Waals surface area contributed by atoms with Crippen LogP contribution < -0.4 is 10.1 Å². The molecular weight excluding hydrogens is 382 g/mol. The number of carbonyl (C=O) groups is 1. The summed E-state index contributed by atoms with van der Waals surface area (Å²) < 4.78 is 16.6. The largest absolute Gasteiger partial charge is 0.497 e. The number of carboxylic acid groups (broad SMARTS) is 1. The Labute approximate surface area is 180 Å². The number of carboxylic acids is 1. The van der Waals surface area contributed by atoms with Gasteiger partial charge in [0, 0.05) is 18.7 Å². The zero-order valence-electron chi connectivity index (χ0n) is 18.9. The summed E-state index contributed by atoms with van der Waals surface area (Å²) in [5, 5.41) is 11.1. The highest BCUT2D eigenvalue weighted by Gasteiger charge is 2.58. The molecule has 0 radical (unpaired) electrons. The van der Waals surface area contributed by atoms with Gasteiger partial charge < -0.3 is 24.6 Å². The highest BCUT2D eigenvalue weighted by Crippen LogP contribution is 2.50. The molecule has 2 aliphatic rings. The second kappa shape index (κ2) is 11.4. The lowest BCUT2D eigenvalue weighted by Gasteiger charge is -2.33. The Hall–Kier alpha value is -2.05. The molecule has 2 N–H and O–H groups in total. The lowest BCUT2D eigenvalue weighted by Crippen LogP contribution is -2.37. The summed E-state index contributed by atoms with van der Waals surface area (Å²) in [7, 11) is 3.43. The van der Waals surface area contributed by atoms with E-state index in [9.17, 15) is 4.79 Å². The molecule has 0 spiro atoms. The van der Waals surface area contributed by atoms with Crippen molar-refractivity contribution in [3.8, 4) is 5.75 Å². The smallest absolute Gasteiger partial charge is 0.322 e. The van der Waals surface area contributed by atoms with Crippen LogP contribution in [0.4, 0.5) is 5.69 Å². The van der Waals surface area contributed by atoms with Crippen LogP contribution in [0.25, 0.3) is 0 Å². The third-order valence-corrected chi connectivity index (χ3v) is 5.99. The molecule has 168 valence electrons. The van der Waals surface area contributed by atoms with Gasteiger partial charge in [0.1, 0.15) is 12.3 Å². The number of hydrogen-bond donors (Lipinski definition) is 2. The molecule has 6 nitrogen and oxygen atoms in total. The maximum absolute atomic E-state index is 10.2. The van der Waals surface area contributed by atoms with Crippen molar-refractivity contribution < 1.29 is 24.1 Å². The van der Waals surface area contributed by atoms with Crippen molar-refractivity contribution in [2.45, 2.75) is 70.7 Å². The summed E-state index contributed by atoms with van der Waals surface area (Å²) in [6, 6.07) is 7.07. The van der Waals surface area contributed by atoms with Gasteiger partial charge >= 0.3 is 5.97 Å². The van der Waals surface area contributed by atoms with Gasteiger partial charge in [-0.1, -0.05) is 24.5 Å². The second-order valence-corrected chi connectivity index (χ2v) is 8.45. The van der Waals surface area contributed by atoms with Gasteiger partial charge in [0.05, 0.1) is 24.9 Å². The summed E-state index contributed by atoms with van der Waals surface area (Å²) in [6.07, 6.45) is 9.29. The quantitative estimate of drug-likeness (QED) is 0.461. The van der Waals surface area contributed by atoms with Crippen molar-refractivity contribution in [3.05, 3.63) is 35.9 Å². The third kappa shape index (κ3) is 7.03. The normalized spacial score (nSPS) is 27.3. The van der Waals surface area contributed by atoms with Gasteiger partial charge in [-0.25, -0.2) is 0 Å². The molecule has 6 heteroatoms. The number of benzene rings is 1. The van der Waals surface area contributed by atoms with Crippen LogP contribution in [0.2, 0.25) is 0 Å². The maximum Gasteiger partial charge on any atom is 0.322 e. The van der Waals surface area contributed by atoms with Crippen molar-refractivity contribution in [2.24, 2.45) is 5.92 Å². The summed E-state index contributed by atoms with van der Waals surface area (Å²) in [5.41, 5.74) is 2.23. The molecule has 0 aromatic heterocycles. The monoisotopic (exact) mass is 419 g/mol. The first-order valence-electron chi connectivity index (χ1n) is 10.7. The molecule has 4 atom stereocenters. The zero-order chi connectivity index (χ0) is 22.1. The summed E-state index contributed by atoms with van der Waals surface area (Å²) in [5.74, 6) is 0.466. The average molecular weight is 420 g/mol. The molecule has 1 heterocycles. The lowest BCUT2D eigenvalue weighted by molar-refractivity contribution is -0.134. The highest BCUT2D eigenvalue weighted by molar-refractivity contribution is 5.72. The van der Waals surface area contributed by atoms with Crippen LogP contribution in [0.5, 0.6) is 5.75 Å². The van der Waals surface area contributed by atoms with E-state index < -0.39 is 5.97 Å². The van der Waals surface area contributed by atoms with E-state index in [1.165, 1.54) is 31.3 Å². The molecule has 4 unspecified atom stereocenters. The first kappa shape index (κ1) is 24.2. The van der Waals surface area contributed by atoms with E-state index in [1.54, 1.807) is 31.4 Å². The van der Waals surface area contributed by atoms with Crippen molar-refractivity contribution in [2.75, 3.05) is 26.1 Å². The fourth-order valence-corrected chi connectivity index (χ4v) is 4.14. The van der Waals surface area contributed by atoms with Crippen molar-refractivity contribution in [1.82, 2.24) is 0 Å². The van der Waals surface area contributed by atoms with E-state index in [2.05, 4.69) is 32.2 Å². The van der Waals surface area contributed by atoms with Crippen LogP contribution in [-0.4, -0.2) is 49.6 Å². The molecule has 1 saturated carbocycles. The van der Waals surface area contributed by atoms with Crippen LogP contribution in [-0.2, 0) is 14.3 Å². The van der Waals surface area contributed by atoms with Gasteiger partial charge in [-0.2, -0.15) is 0 Å². The molecule has 30 heavy (non-hydrogen) atoms. The minimum atomic E-state index is -0.879. The number of aliphatic carboxylic acids is 1. The van der Waals surface area contributed by atoms with E-state index >= 15 is 0 Å². The van der Waals surface area contributed by atoms with E-state index in [-0.39, 0.29) is 12.1 Å². The Morgan fingerprint density at radius 3 is 2.47 bits per heavy atom. The maximum atomic E-state index is 10.2. The number of rotatable bonds is 8. The Morgan fingerprint density at radius 2 is 1.90 bits per heavy atom. The molecule has 1 aromatic rings. The van der Waals surface area contributed by atoms with Crippen LogP contribution >= 0.6 is 0 Å². The van der Waals surface area contributed by atoms with Crippen LogP contribution in [0.3, 0.4) is 0 Å². The minimum Gasteiger partial charge on any atom is -0.497 e. The van der Waals surface area contributed by atoms with Gasteiger partial charge in [0.15, 0.2) is 0 Å². The molecule has 1 aromatic carbocycles. The van der Waals surface area contributed by atoms with Crippen LogP contribution in [0, 0.1) is 5.92 Å². The highest BCUT2D eigenvalue weighted by atomic mass is 16.6. The summed E-state index contributed by atoms with van der Waals surface area (Å²) in [4.78, 5) is 10.2. The van der Waals surface area contributed by atoms with Crippen molar-refractivity contribution >= 4 is 11.7 Å². The Kier molecular flexibility index (Phi) is 9.18. The van der Waals surface area contributed by atoms with Gasteiger partial charge in [-0.15, -0.1) is 0 Å². The molecule has 1 saturated heterocycles. The molecule has 2 fully saturated rings. The second-order valence-electron chi connectivity index (χ2n) is 8.45. The number of nitrogens with one attached hydrogen (secondary N) is 1. The molecule has 0 bridgehead atoms. The molecule has 0 amide bonds. The SMILES string of the molecule is COC1CCCCC1C1(C)OC1CC=C(C)C.COc1ccc(NCC(=O)O)cc1. The summed E-state index contributed by atoms with van der Waals surface area (Å²) in [6.45, 7) is 6.50. The van der Waals surface area contributed by atoms with E-state index in [1.807, 2.05) is 7.11 Å². The Morgan fingerprint density at radius 1 is 1.23 bits per heavy atom. The Balaban J connectivity index is 0.000000222. The van der Waals surface area contributed by atoms with Crippen molar-refractivity contribution in [1.29, 1.82) is 0 Å². The minimum absolute atomic E-state index is 0.0764. The first-order valence-corrected chi connectivity index (χ1v) is 10.7. The first-order chi connectivity index (χ1) is 14.3. The number of hydrogen-bond acceptors (Lipinski definition) is 5. The van der Waals surface area contributed by atoms with Gasteiger partial charge in [-0.3, -0.25) is 4.79 Å². The van der Waals surface area contributed by atoms with Crippen LogP contribution in [0.1, 0.15) is 52.9 Å². The number of methoxy groups -OCH3 is 2. The van der Waals surface area contributed by atoms with Crippen molar-refractivity contribution in [3.63, 3.8) is 0 Å². The number of epoxide rings is 1. The average Bonchev–Trinajstić information content (AvgIpc) is 3.42. The fraction of sp³-hybridized carbons (Fsp3) is 0.625. The van der Waals surface area contributed by atoms with E-state index in [0.29, 0.717) is 18.1 Å². The molecule has 3 rings (SSSR count).